The Morgan fingerprint density at radius 1 is 0.524 bits per heavy atom. The fourth-order valence-corrected chi connectivity index (χ4v) is 14.6. The molecule has 4 heterocycles. The van der Waals surface area contributed by atoms with Crippen molar-refractivity contribution in [1.29, 1.82) is 0 Å². The molecule has 0 aliphatic carbocycles. The minimum absolute atomic E-state index is 0.118. The van der Waals surface area contributed by atoms with Crippen LogP contribution in [0.25, 0.3) is 21.5 Å². The van der Waals surface area contributed by atoms with Gasteiger partial charge >= 0.3 is 0 Å². The summed E-state index contributed by atoms with van der Waals surface area (Å²) in [5.41, 5.74) is 11.3. The number of halogens is 6. The molecule has 4 aliphatic heterocycles. The van der Waals surface area contributed by atoms with Crippen LogP contribution >= 0.6 is 31.9 Å². The predicted molar refractivity (Wildman–Crippen MR) is 315 cm³/mol. The van der Waals surface area contributed by atoms with Crippen molar-refractivity contribution in [2.45, 2.75) is 149 Å². The Morgan fingerprint density at radius 3 is 1.15 bits per heavy atom. The van der Waals surface area contributed by atoms with Crippen LogP contribution in [0.1, 0.15) is 90.2 Å². The van der Waals surface area contributed by atoms with Crippen molar-refractivity contribution in [1.82, 2.24) is 19.2 Å². The molecule has 4 bridgehead atoms. The Bertz CT molecular complexity index is 3270. The zero-order valence-corrected chi connectivity index (χ0v) is 50.6. The van der Waals surface area contributed by atoms with Gasteiger partial charge in [-0.2, -0.15) is 27.0 Å². The topological polar surface area (TPSA) is 203 Å². The van der Waals surface area contributed by atoms with Crippen LogP contribution in [0.3, 0.4) is 0 Å². The molecule has 10 rings (SSSR count). The van der Waals surface area contributed by atoms with Crippen LogP contribution in [0, 0.1) is 11.8 Å². The number of nitrogens with two attached hydrogens (primary N) is 2. The second-order valence-electron chi connectivity index (χ2n) is 22.8. The van der Waals surface area contributed by atoms with Crippen LogP contribution in [0.5, 0.6) is 11.5 Å². The van der Waals surface area contributed by atoms with Crippen LogP contribution in [0.2, 0.25) is 0 Å². The number of nitrogens with zero attached hydrogens (tertiary/aromatic N) is 2. The number of piperidine rings is 2. The highest BCUT2D eigenvalue weighted by Crippen LogP contribution is 2.43. The van der Waals surface area contributed by atoms with Gasteiger partial charge in [0.1, 0.15) is 11.5 Å². The van der Waals surface area contributed by atoms with Gasteiger partial charge in [0.2, 0.25) is 31.9 Å². The minimum Gasteiger partial charge on any atom is -0.493 e. The molecule has 4 saturated heterocycles. The van der Waals surface area contributed by atoms with E-state index in [0.29, 0.717) is 108 Å². The predicted octanol–water partition coefficient (Wildman–Crippen LogP) is 11.1. The number of fused-ring (bicyclic) bond motifs is 6. The molecule has 82 heavy (non-hydrogen) atoms. The summed E-state index contributed by atoms with van der Waals surface area (Å²) in [5.74, 6) is -7.56. The Balaban J connectivity index is 0.000000198. The zero-order chi connectivity index (χ0) is 59.1. The molecule has 440 valence electrons. The first-order chi connectivity index (χ1) is 38.7. The van der Waals surface area contributed by atoms with Crippen molar-refractivity contribution in [3.8, 4) is 11.5 Å². The van der Waals surface area contributed by atoms with Gasteiger partial charge in [0.05, 0.1) is 23.0 Å². The molecule has 0 radical (unpaired) electrons. The second-order valence-corrected chi connectivity index (χ2v) is 28.1. The maximum Gasteiger partial charge on any atom is 0.298 e. The normalized spacial score (nSPS) is 21.8. The van der Waals surface area contributed by atoms with Crippen molar-refractivity contribution < 1.29 is 53.5 Å². The minimum atomic E-state index is -4.53. The average Bonchev–Trinajstić information content (AvgIpc) is 2.76. The van der Waals surface area contributed by atoms with Gasteiger partial charge in [-0.1, -0.05) is 108 Å². The number of nitrogens with one attached hydrogen (secondary N) is 2. The van der Waals surface area contributed by atoms with E-state index in [9.17, 15) is 26.4 Å². The van der Waals surface area contributed by atoms with Gasteiger partial charge in [-0.25, -0.2) is 16.8 Å². The van der Waals surface area contributed by atoms with E-state index in [1.165, 1.54) is 82.6 Å². The summed E-state index contributed by atoms with van der Waals surface area (Å²) in [6.45, 7) is 9.22. The number of carbonyl (C=O) groups is 2. The number of hydrogen-bond acceptors (Lipinski definition) is 10. The average molecular weight is 1300 g/mol. The maximum absolute atomic E-state index is 16.2. The summed E-state index contributed by atoms with van der Waals surface area (Å²) < 4.78 is 136. The highest BCUT2D eigenvalue weighted by Gasteiger charge is 2.55. The molecule has 0 saturated carbocycles. The van der Waals surface area contributed by atoms with Crippen molar-refractivity contribution in [2.24, 2.45) is 23.3 Å². The number of rotatable bonds is 18. The molecular weight excluding hydrogens is 1230 g/mol. The van der Waals surface area contributed by atoms with Gasteiger partial charge in [-0.05, 0) is 158 Å². The van der Waals surface area contributed by atoms with Gasteiger partial charge in [-0.15, -0.1) is 0 Å². The van der Waals surface area contributed by atoms with Gasteiger partial charge in [-0.3, -0.25) is 9.59 Å². The van der Waals surface area contributed by atoms with Crippen molar-refractivity contribution >= 4 is 85.3 Å². The van der Waals surface area contributed by atoms with Crippen LogP contribution in [-0.2, 0) is 41.5 Å². The lowest BCUT2D eigenvalue weighted by atomic mass is 9.95. The third-order valence-corrected chi connectivity index (χ3v) is 19.5. The molecule has 6 atom stereocenters. The van der Waals surface area contributed by atoms with E-state index in [1.807, 2.05) is 27.7 Å². The SMILES string of the molecule is CC(C)COc1ccc2cc(S(=O)(=O)N[C@@H](C(=O)N3C4CCC3CC(N)C4)C(F)(F)c3ccc(Br)cc3)ccc2c1.CC(C)COc1ccc2cc(S(=O)(=O)N[C@H](C(=O)N3C4CCC3CC(N)C4)C(F)(F)c3ccc(Br)cc3)ccc2c1. The smallest absolute Gasteiger partial charge is 0.298 e. The first-order valence-corrected chi connectivity index (χ1v) is 32.1. The molecule has 0 spiro atoms. The highest BCUT2D eigenvalue weighted by molar-refractivity contribution is 9.10. The summed E-state index contributed by atoms with van der Waals surface area (Å²) in [6, 6.07) is 23.6. The van der Waals surface area contributed by atoms with Gasteiger partial charge < -0.3 is 30.7 Å². The molecule has 4 aliphatic rings. The lowest BCUT2D eigenvalue weighted by Gasteiger charge is -2.41. The highest BCUT2D eigenvalue weighted by atomic mass is 79.9. The van der Waals surface area contributed by atoms with E-state index in [2.05, 4.69) is 41.3 Å². The molecule has 6 aromatic rings. The van der Waals surface area contributed by atoms with Crippen molar-refractivity contribution in [3.05, 3.63) is 141 Å². The summed E-state index contributed by atoms with van der Waals surface area (Å²) in [4.78, 5) is 30.2. The number of ether oxygens (including phenoxy) is 2. The standard InChI is InChI=1S/2C30H34BrF2N3O4S/c2*1-18(2)17-40-26-11-3-20-14-27(12-4-19(20)13-26)41(38,39)35-28(30(32,33)21-5-7-22(31)8-6-21)29(37)36-24-9-10-25(36)16-23(34)15-24/h2*3-8,11-14,18,23-25,28,35H,9-10,15-17,34H2,1-2H3/t2*23?,24?,25?,28-/m10/s1. The molecule has 4 fully saturated rings. The van der Waals surface area contributed by atoms with Gasteiger partial charge in [0.25, 0.3) is 11.8 Å². The summed E-state index contributed by atoms with van der Waals surface area (Å²) in [5, 5.41) is 2.66. The van der Waals surface area contributed by atoms with Crippen molar-refractivity contribution in [3.63, 3.8) is 0 Å². The monoisotopic (exact) mass is 1300 g/mol. The number of hydrogen-bond donors (Lipinski definition) is 4. The lowest BCUT2D eigenvalue weighted by molar-refractivity contribution is -0.150. The third-order valence-electron chi connectivity index (χ3n) is 15.6. The molecular formula is C60H68Br2F4N6O8S2. The van der Waals surface area contributed by atoms with Crippen LogP contribution in [-0.4, -0.2) is 100.0 Å². The van der Waals surface area contributed by atoms with E-state index in [-0.39, 0.29) is 46.0 Å². The number of sulfonamides is 2. The largest absolute Gasteiger partial charge is 0.493 e. The maximum atomic E-state index is 16.2. The van der Waals surface area contributed by atoms with E-state index in [4.69, 9.17) is 20.9 Å². The van der Waals surface area contributed by atoms with Crippen LogP contribution in [0.15, 0.2) is 140 Å². The number of alkyl halides is 4. The number of carbonyl (C=O) groups excluding carboxylic acids is 2. The number of benzene rings is 6. The Hall–Kier alpha value is -5.20. The molecule has 2 amide bonds. The Kier molecular flexibility index (Phi) is 18.6. The van der Waals surface area contributed by atoms with Crippen LogP contribution in [0.4, 0.5) is 17.6 Å². The fraction of sp³-hybridized carbons (Fsp3) is 0.433. The summed E-state index contributed by atoms with van der Waals surface area (Å²) in [7, 11) is -9.07. The first-order valence-electron chi connectivity index (χ1n) is 27.5. The van der Waals surface area contributed by atoms with E-state index in [0.717, 1.165) is 10.8 Å². The Morgan fingerprint density at radius 2 is 0.829 bits per heavy atom. The molecule has 14 nitrogen and oxygen atoms in total. The van der Waals surface area contributed by atoms with E-state index >= 15 is 17.6 Å². The van der Waals surface area contributed by atoms with E-state index in [1.54, 1.807) is 48.5 Å². The Labute approximate surface area is 493 Å². The molecule has 6 N–H and O–H groups in total. The van der Waals surface area contributed by atoms with Crippen molar-refractivity contribution in [2.75, 3.05) is 13.2 Å². The first kappa shape index (κ1) is 61.4. The molecule has 6 aromatic carbocycles. The van der Waals surface area contributed by atoms with Crippen LogP contribution < -0.4 is 30.4 Å². The fourth-order valence-electron chi connectivity index (χ4n) is 11.6. The molecule has 0 aromatic heterocycles. The zero-order valence-electron chi connectivity index (χ0n) is 45.8. The molecule has 22 heteroatoms. The van der Waals surface area contributed by atoms with Gasteiger partial charge in [0, 0.05) is 56.3 Å². The lowest BCUT2D eigenvalue weighted by Crippen LogP contribution is -2.60. The quantitative estimate of drug-likeness (QED) is 0.0600. The van der Waals surface area contributed by atoms with Gasteiger partial charge in [0.15, 0.2) is 12.1 Å². The molecule has 4 unspecified atom stereocenters. The second kappa shape index (κ2) is 24.8. The summed E-state index contributed by atoms with van der Waals surface area (Å²) in [6.07, 6.45) is 4.61. The number of amides is 2. The summed E-state index contributed by atoms with van der Waals surface area (Å²) >= 11 is 6.47. The van der Waals surface area contributed by atoms with E-state index < -0.39 is 66.9 Å². The third kappa shape index (κ3) is 13.6.